The molecule has 1 aromatic rings. The van der Waals surface area contributed by atoms with Crippen LogP contribution in [0.25, 0.3) is 0 Å². The smallest absolute Gasteiger partial charge is 0.328 e. The average Bonchev–Trinajstić information content (AvgIpc) is 2.60. The molecule has 0 unspecified atom stereocenters. The quantitative estimate of drug-likeness (QED) is 0.461. The Morgan fingerprint density at radius 2 is 2.05 bits per heavy atom. The fourth-order valence-corrected chi connectivity index (χ4v) is 2.33. The second kappa shape index (κ2) is 5.40. The number of ketones is 1. The number of Topliss-reactive ketones (excluding diaryl/α,β-unsaturated/α-hetero) is 1. The fraction of sp³-hybridized carbons (Fsp3) is 0.308. The van der Waals surface area contributed by atoms with E-state index in [9.17, 15) is 14.4 Å². The fourth-order valence-electron chi connectivity index (χ4n) is 2.33. The number of hydrogen-bond acceptors (Lipinski definition) is 6. The van der Waals surface area contributed by atoms with Crippen LogP contribution in [0.3, 0.4) is 0 Å². The molecule has 0 spiro atoms. The van der Waals surface area contributed by atoms with Gasteiger partial charge in [-0.25, -0.2) is 5.84 Å². The predicted molar refractivity (Wildman–Crippen MR) is 70.6 cm³/mol. The zero-order valence-corrected chi connectivity index (χ0v) is 11.2. The highest BCUT2D eigenvalue weighted by atomic mass is 16.7. The number of hydrogen-bond donors (Lipinski definition) is 2. The summed E-state index contributed by atoms with van der Waals surface area (Å²) in [6, 6.07) is 3.61. The van der Waals surface area contributed by atoms with Crippen LogP contribution >= 0.6 is 0 Å². The number of nitrogens with zero attached hydrogens (tertiary/aromatic N) is 1. The van der Waals surface area contributed by atoms with E-state index in [-0.39, 0.29) is 13.0 Å². The Balaban J connectivity index is 2.27. The van der Waals surface area contributed by atoms with Gasteiger partial charge in [-0.3, -0.25) is 14.4 Å². The van der Waals surface area contributed by atoms with Crippen LogP contribution in [-0.4, -0.2) is 24.2 Å². The summed E-state index contributed by atoms with van der Waals surface area (Å²) in [6.07, 6.45) is -0.0599. The van der Waals surface area contributed by atoms with E-state index in [0.717, 1.165) is 11.1 Å². The molecule has 20 heavy (non-hydrogen) atoms. The highest BCUT2D eigenvalue weighted by Crippen LogP contribution is 2.32. The Hall–Kier alpha value is -2.25. The zero-order valence-electron chi connectivity index (χ0n) is 11.2. The standard InChI is InChI=1S/C13H15N3O4/c1-7-5-8(2)11-9(6-7)16(13(19)12(11)18)4-3-10(17)20-15-14/h5-6,15H,3-4,14H2,1-2H3. The van der Waals surface area contributed by atoms with E-state index in [0.29, 0.717) is 11.3 Å². The van der Waals surface area contributed by atoms with Crippen molar-refractivity contribution in [1.82, 2.24) is 5.59 Å². The molecule has 7 heteroatoms. The van der Waals surface area contributed by atoms with Gasteiger partial charge < -0.3 is 9.74 Å². The van der Waals surface area contributed by atoms with Crippen LogP contribution in [-0.2, 0) is 14.4 Å². The Kier molecular flexibility index (Phi) is 3.82. The molecular formula is C13H15N3O4. The number of aryl methyl sites for hydroxylation is 2. The molecule has 1 aliphatic heterocycles. The first-order valence-electron chi connectivity index (χ1n) is 6.08. The van der Waals surface area contributed by atoms with Gasteiger partial charge in [0.1, 0.15) is 0 Å². The maximum absolute atomic E-state index is 12.0. The van der Waals surface area contributed by atoms with Crippen molar-refractivity contribution in [2.75, 3.05) is 11.4 Å². The molecule has 1 heterocycles. The number of benzene rings is 1. The summed E-state index contributed by atoms with van der Waals surface area (Å²) in [5.74, 6) is 3.08. The number of nitrogens with one attached hydrogen (secondary N) is 1. The molecule has 106 valence electrons. The van der Waals surface area contributed by atoms with Gasteiger partial charge in [-0.05, 0) is 31.0 Å². The molecule has 1 aromatic carbocycles. The predicted octanol–water partition coefficient (Wildman–Crippen LogP) is 0.144. The van der Waals surface area contributed by atoms with Gasteiger partial charge in [0, 0.05) is 6.54 Å². The number of fused-ring (bicyclic) bond motifs is 1. The molecule has 0 atom stereocenters. The lowest BCUT2D eigenvalue weighted by Crippen LogP contribution is -2.33. The minimum absolute atomic E-state index is 0.0599. The minimum Gasteiger partial charge on any atom is -0.356 e. The zero-order chi connectivity index (χ0) is 14.9. The Labute approximate surface area is 115 Å². The van der Waals surface area contributed by atoms with Gasteiger partial charge in [-0.1, -0.05) is 11.7 Å². The topological polar surface area (TPSA) is 102 Å². The van der Waals surface area contributed by atoms with Crippen molar-refractivity contribution in [3.8, 4) is 0 Å². The van der Waals surface area contributed by atoms with Crippen LogP contribution in [0.4, 0.5) is 5.69 Å². The Morgan fingerprint density at radius 3 is 2.70 bits per heavy atom. The Morgan fingerprint density at radius 1 is 1.35 bits per heavy atom. The summed E-state index contributed by atoms with van der Waals surface area (Å²) in [5.41, 5.74) is 4.44. The number of amides is 1. The van der Waals surface area contributed by atoms with Crippen molar-refractivity contribution < 1.29 is 19.2 Å². The van der Waals surface area contributed by atoms with Gasteiger partial charge >= 0.3 is 5.97 Å². The summed E-state index contributed by atoms with van der Waals surface area (Å²) in [6.45, 7) is 3.74. The summed E-state index contributed by atoms with van der Waals surface area (Å²) < 4.78 is 0. The maximum Gasteiger partial charge on any atom is 0.328 e. The van der Waals surface area contributed by atoms with Gasteiger partial charge in [0.2, 0.25) is 0 Å². The molecule has 1 aliphatic rings. The molecule has 0 fully saturated rings. The molecule has 7 nitrogen and oxygen atoms in total. The molecule has 2 rings (SSSR count). The van der Waals surface area contributed by atoms with Crippen molar-refractivity contribution in [2.24, 2.45) is 5.84 Å². The largest absolute Gasteiger partial charge is 0.356 e. The average molecular weight is 277 g/mol. The van der Waals surface area contributed by atoms with Crippen LogP contribution < -0.4 is 16.3 Å². The SMILES string of the molecule is Cc1cc(C)c2c(c1)N(CCC(=O)ONN)C(=O)C2=O. The van der Waals surface area contributed by atoms with E-state index in [1.54, 1.807) is 18.6 Å². The van der Waals surface area contributed by atoms with Gasteiger partial charge in [0.15, 0.2) is 0 Å². The molecule has 0 aliphatic carbocycles. The van der Waals surface area contributed by atoms with Crippen LogP contribution in [0.1, 0.15) is 27.9 Å². The van der Waals surface area contributed by atoms with Crippen molar-refractivity contribution in [3.05, 3.63) is 28.8 Å². The first kappa shape index (κ1) is 14.2. The third-order valence-corrected chi connectivity index (χ3v) is 3.13. The molecule has 0 aromatic heterocycles. The number of anilines is 1. The summed E-state index contributed by atoms with van der Waals surface area (Å²) in [5, 5.41) is 0. The van der Waals surface area contributed by atoms with Crippen LogP contribution in [0.15, 0.2) is 12.1 Å². The van der Waals surface area contributed by atoms with Crippen molar-refractivity contribution in [1.29, 1.82) is 0 Å². The first-order valence-corrected chi connectivity index (χ1v) is 6.08. The van der Waals surface area contributed by atoms with Gasteiger partial charge in [0.25, 0.3) is 11.7 Å². The summed E-state index contributed by atoms with van der Waals surface area (Å²) in [4.78, 5) is 40.9. The van der Waals surface area contributed by atoms with E-state index < -0.39 is 17.7 Å². The van der Waals surface area contributed by atoms with E-state index >= 15 is 0 Å². The highest BCUT2D eigenvalue weighted by Gasteiger charge is 2.37. The third kappa shape index (κ3) is 2.40. The second-order valence-electron chi connectivity index (χ2n) is 4.60. The first-order chi connectivity index (χ1) is 9.45. The summed E-state index contributed by atoms with van der Waals surface area (Å²) >= 11 is 0. The monoisotopic (exact) mass is 277 g/mol. The van der Waals surface area contributed by atoms with Gasteiger partial charge in [0.05, 0.1) is 17.7 Å². The molecular weight excluding hydrogens is 262 g/mol. The van der Waals surface area contributed by atoms with E-state index in [2.05, 4.69) is 4.84 Å². The number of carbonyl (C=O) groups is 3. The lowest BCUT2D eigenvalue weighted by molar-refractivity contribution is -0.150. The summed E-state index contributed by atoms with van der Waals surface area (Å²) in [7, 11) is 0. The van der Waals surface area contributed by atoms with Crippen LogP contribution in [0.2, 0.25) is 0 Å². The lowest BCUT2D eigenvalue weighted by atomic mass is 10.0. The third-order valence-electron chi connectivity index (χ3n) is 3.13. The highest BCUT2D eigenvalue weighted by molar-refractivity contribution is 6.52. The van der Waals surface area contributed by atoms with Crippen molar-refractivity contribution in [2.45, 2.75) is 20.3 Å². The van der Waals surface area contributed by atoms with E-state index in [4.69, 9.17) is 5.84 Å². The van der Waals surface area contributed by atoms with Crippen LogP contribution in [0.5, 0.6) is 0 Å². The van der Waals surface area contributed by atoms with Crippen molar-refractivity contribution in [3.63, 3.8) is 0 Å². The number of carbonyl (C=O) groups excluding carboxylic acids is 3. The molecule has 0 saturated carbocycles. The molecule has 0 saturated heterocycles. The molecule has 3 N–H and O–H groups in total. The Bertz CT molecular complexity index is 598. The van der Waals surface area contributed by atoms with Crippen molar-refractivity contribution >= 4 is 23.3 Å². The van der Waals surface area contributed by atoms with E-state index in [1.165, 1.54) is 4.90 Å². The lowest BCUT2D eigenvalue weighted by Gasteiger charge is -2.16. The molecule has 0 bridgehead atoms. The molecule has 0 radical (unpaired) electrons. The van der Waals surface area contributed by atoms with Gasteiger partial charge in [-0.2, -0.15) is 0 Å². The van der Waals surface area contributed by atoms with Gasteiger partial charge in [-0.15, -0.1) is 0 Å². The van der Waals surface area contributed by atoms with Crippen LogP contribution in [0, 0.1) is 13.8 Å². The molecule has 1 amide bonds. The number of nitrogens with two attached hydrogens (primary N) is 1. The minimum atomic E-state index is -0.623. The maximum atomic E-state index is 12.0. The van der Waals surface area contributed by atoms with E-state index in [1.807, 2.05) is 13.0 Å². The number of hydrazine groups is 1. The second-order valence-corrected chi connectivity index (χ2v) is 4.60. The number of rotatable bonds is 4. The normalized spacial score (nSPS) is 13.7.